The Morgan fingerprint density at radius 1 is 1.00 bits per heavy atom. The second kappa shape index (κ2) is 6.72. The monoisotopic (exact) mass is 407 g/mol. The van der Waals surface area contributed by atoms with Gasteiger partial charge in [0.15, 0.2) is 11.5 Å². The summed E-state index contributed by atoms with van der Waals surface area (Å²) in [6, 6.07) is 21.1. The summed E-state index contributed by atoms with van der Waals surface area (Å²) in [5.41, 5.74) is 3.52. The van der Waals surface area contributed by atoms with Crippen LogP contribution in [-0.2, 0) is 4.74 Å². The second-order valence-corrected chi connectivity index (χ2v) is 6.59. The molecule has 0 saturated heterocycles. The lowest BCUT2D eigenvalue weighted by Gasteiger charge is -2.07. The van der Waals surface area contributed by atoms with Gasteiger partial charge in [-0.05, 0) is 24.3 Å². The summed E-state index contributed by atoms with van der Waals surface area (Å²) in [6.45, 7) is 0. The van der Waals surface area contributed by atoms with Crippen LogP contribution in [0.25, 0.3) is 28.3 Å². The molecule has 0 radical (unpaired) electrons. The number of esters is 1. The highest BCUT2D eigenvalue weighted by molar-refractivity contribution is 9.10. The van der Waals surface area contributed by atoms with Gasteiger partial charge < -0.3 is 4.74 Å². The summed E-state index contributed by atoms with van der Waals surface area (Å²) in [5.74, 6) is 0.112. The highest BCUT2D eigenvalue weighted by Gasteiger charge is 2.18. The molecule has 2 heterocycles. The van der Waals surface area contributed by atoms with E-state index in [1.165, 1.54) is 7.11 Å². The van der Waals surface area contributed by atoms with Gasteiger partial charge in [-0.2, -0.15) is 0 Å². The predicted octanol–water partition coefficient (Wildman–Crippen LogP) is 4.61. The van der Waals surface area contributed by atoms with Gasteiger partial charge in [0.2, 0.25) is 0 Å². The fourth-order valence-corrected chi connectivity index (χ4v) is 3.21. The van der Waals surface area contributed by atoms with Crippen LogP contribution in [0.1, 0.15) is 10.4 Å². The zero-order valence-corrected chi connectivity index (χ0v) is 15.5. The van der Waals surface area contributed by atoms with Gasteiger partial charge in [0.1, 0.15) is 5.56 Å². The Morgan fingerprint density at radius 2 is 1.77 bits per heavy atom. The number of benzene rings is 2. The fourth-order valence-electron chi connectivity index (χ4n) is 2.81. The topological polar surface area (TPSA) is 56.5 Å². The minimum Gasteiger partial charge on any atom is -0.465 e. The normalized spacial score (nSPS) is 10.8. The summed E-state index contributed by atoms with van der Waals surface area (Å²) in [6.07, 6.45) is 0. The quantitative estimate of drug-likeness (QED) is 0.465. The molecule has 2 aromatic heterocycles. The molecular formula is C20H14BrN3O2. The molecule has 0 fully saturated rings. The molecule has 0 saturated carbocycles. The van der Waals surface area contributed by atoms with E-state index in [1.807, 2.05) is 60.7 Å². The average molecular weight is 408 g/mol. The van der Waals surface area contributed by atoms with Crippen LogP contribution in [0.3, 0.4) is 0 Å². The van der Waals surface area contributed by atoms with Crippen molar-refractivity contribution in [1.29, 1.82) is 0 Å². The van der Waals surface area contributed by atoms with Crippen LogP contribution < -0.4 is 0 Å². The number of pyridine rings is 1. The van der Waals surface area contributed by atoms with Crippen molar-refractivity contribution >= 4 is 27.5 Å². The van der Waals surface area contributed by atoms with E-state index in [4.69, 9.17) is 4.74 Å². The van der Waals surface area contributed by atoms with Crippen LogP contribution in [0.15, 0.2) is 71.2 Å². The molecule has 0 amide bonds. The van der Waals surface area contributed by atoms with E-state index in [0.717, 1.165) is 21.3 Å². The van der Waals surface area contributed by atoms with E-state index in [0.29, 0.717) is 17.0 Å². The molecule has 0 bridgehead atoms. The van der Waals surface area contributed by atoms with Crippen molar-refractivity contribution in [3.05, 3.63) is 76.8 Å². The third-order valence-corrected chi connectivity index (χ3v) is 4.54. The van der Waals surface area contributed by atoms with Gasteiger partial charge in [-0.15, -0.1) is 5.10 Å². The van der Waals surface area contributed by atoms with Gasteiger partial charge >= 0.3 is 5.97 Å². The molecule has 2 aromatic carbocycles. The molecule has 128 valence electrons. The Bertz CT molecular complexity index is 1110. The first-order chi connectivity index (χ1) is 12.7. The number of ether oxygens (including phenoxy) is 1. The van der Waals surface area contributed by atoms with Gasteiger partial charge in [-0.25, -0.2) is 14.3 Å². The summed E-state index contributed by atoms with van der Waals surface area (Å²) in [4.78, 5) is 16.8. The lowest BCUT2D eigenvalue weighted by molar-refractivity contribution is 0.0602. The van der Waals surface area contributed by atoms with Crippen molar-refractivity contribution < 1.29 is 9.53 Å². The minimum absolute atomic E-state index is 0.376. The number of rotatable bonds is 3. The van der Waals surface area contributed by atoms with Crippen molar-refractivity contribution in [2.45, 2.75) is 0 Å². The number of methoxy groups -OCH3 is 1. The molecule has 0 atom stereocenters. The number of halogens is 1. The van der Waals surface area contributed by atoms with Crippen molar-refractivity contribution in [3.63, 3.8) is 0 Å². The molecule has 0 aliphatic heterocycles. The van der Waals surface area contributed by atoms with Crippen molar-refractivity contribution in [2.75, 3.05) is 7.11 Å². The second-order valence-electron chi connectivity index (χ2n) is 5.67. The maximum absolute atomic E-state index is 12.2. The third-order valence-electron chi connectivity index (χ3n) is 4.04. The fraction of sp³-hybridized carbons (Fsp3) is 0.0500. The summed E-state index contributed by atoms with van der Waals surface area (Å²) in [5, 5.41) is 4.65. The molecule has 4 rings (SSSR count). The van der Waals surface area contributed by atoms with Crippen molar-refractivity contribution in [1.82, 2.24) is 14.6 Å². The van der Waals surface area contributed by atoms with Gasteiger partial charge in [0, 0.05) is 15.6 Å². The zero-order chi connectivity index (χ0) is 18.1. The molecule has 0 N–H and O–H groups in total. The van der Waals surface area contributed by atoms with Gasteiger partial charge in [-0.3, -0.25) is 0 Å². The predicted molar refractivity (Wildman–Crippen MR) is 103 cm³/mol. The first kappa shape index (κ1) is 16.5. The Labute approximate surface area is 158 Å². The van der Waals surface area contributed by atoms with Crippen LogP contribution in [0.4, 0.5) is 0 Å². The largest absolute Gasteiger partial charge is 0.465 e. The number of carbonyl (C=O) groups excluding carboxylic acids is 1. The average Bonchev–Trinajstić information content (AvgIpc) is 3.12. The number of carbonyl (C=O) groups is 1. The zero-order valence-electron chi connectivity index (χ0n) is 13.9. The van der Waals surface area contributed by atoms with E-state index in [-0.39, 0.29) is 0 Å². The lowest BCUT2D eigenvalue weighted by atomic mass is 10.1. The minimum atomic E-state index is -0.442. The van der Waals surface area contributed by atoms with E-state index in [2.05, 4.69) is 26.0 Å². The number of fused-ring (bicyclic) bond motifs is 1. The standard InChI is InChI=1S/C20H14BrN3O2/c1-26-20(25)16-10-11-17(14-8-5-9-15(21)12-14)24-19(16)22-18(23-24)13-6-3-2-4-7-13/h2-12H,1H3. The first-order valence-corrected chi connectivity index (χ1v) is 8.76. The van der Waals surface area contributed by atoms with Crippen molar-refractivity contribution in [3.8, 4) is 22.6 Å². The smallest absolute Gasteiger partial charge is 0.341 e. The van der Waals surface area contributed by atoms with E-state index >= 15 is 0 Å². The maximum Gasteiger partial charge on any atom is 0.341 e. The molecule has 4 aromatic rings. The lowest BCUT2D eigenvalue weighted by Crippen LogP contribution is -2.06. The van der Waals surface area contributed by atoms with E-state index in [1.54, 1.807) is 10.6 Å². The SMILES string of the molecule is COC(=O)c1ccc(-c2cccc(Br)c2)n2nc(-c3ccccc3)nc12. The molecule has 26 heavy (non-hydrogen) atoms. The maximum atomic E-state index is 12.2. The molecule has 6 heteroatoms. The Morgan fingerprint density at radius 3 is 2.50 bits per heavy atom. The Hall–Kier alpha value is -2.99. The highest BCUT2D eigenvalue weighted by atomic mass is 79.9. The van der Waals surface area contributed by atoms with E-state index in [9.17, 15) is 4.79 Å². The molecular weight excluding hydrogens is 394 g/mol. The van der Waals surface area contributed by atoms with Crippen LogP contribution >= 0.6 is 15.9 Å². The molecule has 0 aliphatic carbocycles. The number of aromatic nitrogens is 3. The molecule has 0 unspecified atom stereocenters. The number of hydrogen-bond donors (Lipinski definition) is 0. The molecule has 0 aliphatic rings. The van der Waals surface area contributed by atoms with Gasteiger partial charge in [0.25, 0.3) is 0 Å². The summed E-state index contributed by atoms with van der Waals surface area (Å²) >= 11 is 3.49. The number of hydrogen-bond acceptors (Lipinski definition) is 4. The Kier molecular flexibility index (Phi) is 4.26. The molecule has 5 nitrogen and oxygen atoms in total. The van der Waals surface area contributed by atoms with E-state index < -0.39 is 5.97 Å². The number of nitrogens with zero attached hydrogens (tertiary/aromatic N) is 3. The van der Waals surface area contributed by atoms with Gasteiger partial charge in [0.05, 0.1) is 12.8 Å². The third kappa shape index (κ3) is 2.88. The summed E-state index contributed by atoms with van der Waals surface area (Å²) in [7, 11) is 1.36. The Balaban J connectivity index is 1.99. The highest BCUT2D eigenvalue weighted by Crippen LogP contribution is 2.27. The van der Waals surface area contributed by atoms with Gasteiger partial charge in [-0.1, -0.05) is 58.4 Å². The summed E-state index contributed by atoms with van der Waals surface area (Å²) < 4.78 is 7.55. The van der Waals surface area contributed by atoms with Crippen LogP contribution in [0.2, 0.25) is 0 Å². The van der Waals surface area contributed by atoms with Crippen molar-refractivity contribution in [2.24, 2.45) is 0 Å². The molecule has 0 spiro atoms. The first-order valence-electron chi connectivity index (χ1n) is 7.97. The van der Waals surface area contributed by atoms with Crippen LogP contribution in [0, 0.1) is 0 Å². The van der Waals surface area contributed by atoms with Crippen LogP contribution in [0.5, 0.6) is 0 Å². The van der Waals surface area contributed by atoms with Crippen LogP contribution in [-0.4, -0.2) is 27.7 Å².